The average molecular weight is 293 g/mol. The number of ketones is 1. The monoisotopic (exact) mass is 292 g/mol. The molecular weight excluding hydrogens is 280 g/mol. The van der Waals surface area contributed by atoms with E-state index in [4.69, 9.17) is 16.3 Å². The SMILES string of the molecule is CCOc1ccc(/C=C/C(=O)c2ccc(Cl)s2)cc1. The predicted molar refractivity (Wildman–Crippen MR) is 80.3 cm³/mol. The summed E-state index contributed by atoms with van der Waals surface area (Å²) in [5.41, 5.74) is 0.958. The van der Waals surface area contributed by atoms with Gasteiger partial charge in [0, 0.05) is 0 Å². The molecule has 19 heavy (non-hydrogen) atoms. The lowest BCUT2D eigenvalue weighted by molar-refractivity contribution is 0.105. The molecule has 0 N–H and O–H groups in total. The maximum atomic E-state index is 11.8. The lowest BCUT2D eigenvalue weighted by atomic mass is 10.2. The first-order chi connectivity index (χ1) is 9.19. The van der Waals surface area contributed by atoms with Gasteiger partial charge in [0.1, 0.15) is 5.75 Å². The quantitative estimate of drug-likeness (QED) is 0.590. The van der Waals surface area contributed by atoms with Crippen molar-refractivity contribution in [2.45, 2.75) is 6.92 Å². The van der Waals surface area contributed by atoms with E-state index in [9.17, 15) is 4.79 Å². The van der Waals surface area contributed by atoms with Gasteiger partial charge >= 0.3 is 0 Å². The molecule has 0 bridgehead atoms. The van der Waals surface area contributed by atoms with Gasteiger partial charge in [-0.15, -0.1) is 11.3 Å². The van der Waals surface area contributed by atoms with Crippen LogP contribution < -0.4 is 4.74 Å². The second kappa shape index (κ2) is 6.55. The lowest BCUT2D eigenvalue weighted by Crippen LogP contribution is -1.91. The maximum absolute atomic E-state index is 11.8. The molecule has 0 aliphatic rings. The molecule has 98 valence electrons. The molecule has 0 saturated carbocycles. The first-order valence-electron chi connectivity index (χ1n) is 5.89. The lowest BCUT2D eigenvalue weighted by Gasteiger charge is -2.02. The van der Waals surface area contributed by atoms with Gasteiger partial charge in [0.15, 0.2) is 5.78 Å². The van der Waals surface area contributed by atoms with Crippen LogP contribution in [0, 0.1) is 0 Å². The van der Waals surface area contributed by atoms with Crippen LogP contribution in [0.2, 0.25) is 4.34 Å². The van der Waals surface area contributed by atoms with Gasteiger partial charge in [-0.2, -0.15) is 0 Å². The van der Waals surface area contributed by atoms with Crippen LogP contribution in [-0.2, 0) is 0 Å². The summed E-state index contributed by atoms with van der Waals surface area (Å²) in [5, 5.41) is 0. The van der Waals surface area contributed by atoms with Crippen LogP contribution in [0.4, 0.5) is 0 Å². The Morgan fingerprint density at radius 2 is 2.00 bits per heavy atom. The molecule has 0 unspecified atom stereocenters. The van der Waals surface area contributed by atoms with Gasteiger partial charge in [0.2, 0.25) is 0 Å². The fourth-order valence-corrected chi connectivity index (χ4v) is 2.51. The first kappa shape index (κ1) is 13.8. The number of hydrogen-bond acceptors (Lipinski definition) is 3. The zero-order valence-electron chi connectivity index (χ0n) is 10.4. The Balaban J connectivity index is 2.03. The van der Waals surface area contributed by atoms with E-state index in [1.165, 1.54) is 11.3 Å². The van der Waals surface area contributed by atoms with E-state index in [1.54, 1.807) is 24.3 Å². The van der Waals surface area contributed by atoms with Crippen molar-refractivity contribution in [3.63, 3.8) is 0 Å². The minimum absolute atomic E-state index is 0.0363. The number of hydrogen-bond donors (Lipinski definition) is 0. The predicted octanol–water partition coefficient (Wildman–Crippen LogP) is 4.70. The second-order valence-electron chi connectivity index (χ2n) is 3.80. The van der Waals surface area contributed by atoms with E-state index in [0.29, 0.717) is 15.8 Å². The maximum Gasteiger partial charge on any atom is 0.195 e. The molecule has 0 saturated heterocycles. The van der Waals surface area contributed by atoms with Crippen LogP contribution in [-0.4, -0.2) is 12.4 Å². The largest absolute Gasteiger partial charge is 0.494 e. The number of benzene rings is 1. The molecule has 4 heteroatoms. The van der Waals surface area contributed by atoms with Crippen molar-refractivity contribution in [1.82, 2.24) is 0 Å². The van der Waals surface area contributed by atoms with Crippen LogP contribution in [0.15, 0.2) is 42.5 Å². The van der Waals surface area contributed by atoms with Crippen molar-refractivity contribution in [2.75, 3.05) is 6.61 Å². The standard InChI is InChI=1S/C15H13ClO2S/c1-2-18-12-6-3-11(4-7-12)5-8-13(17)14-9-10-15(16)19-14/h3-10H,2H2,1H3/b8-5+. The third kappa shape index (κ3) is 3.94. The van der Waals surface area contributed by atoms with Crippen molar-refractivity contribution in [2.24, 2.45) is 0 Å². The van der Waals surface area contributed by atoms with E-state index < -0.39 is 0 Å². The van der Waals surface area contributed by atoms with Gasteiger partial charge < -0.3 is 4.74 Å². The molecular formula is C15H13ClO2S. The molecule has 0 atom stereocenters. The Labute approximate surface area is 121 Å². The molecule has 0 spiro atoms. The fraction of sp³-hybridized carbons (Fsp3) is 0.133. The highest BCUT2D eigenvalue weighted by atomic mass is 35.5. The average Bonchev–Trinajstić information content (AvgIpc) is 2.85. The second-order valence-corrected chi connectivity index (χ2v) is 5.52. The van der Waals surface area contributed by atoms with Crippen LogP contribution in [0.5, 0.6) is 5.75 Å². The van der Waals surface area contributed by atoms with Crippen molar-refractivity contribution < 1.29 is 9.53 Å². The molecule has 0 amide bonds. The minimum Gasteiger partial charge on any atom is -0.494 e. The fourth-order valence-electron chi connectivity index (χ4n) is 1.54. The van der Waals surface area contributed by atoms with Gasteiger partial charge in [-0.1, -0.05) is 29.8 Å². The summed E-state index contributed by atoms with van der Waals surface area (Å²) < 4.78 is 5.98. The molecule has 0 fully saturated rings. The number of rotatable bonds is 5. The van der Waals surface area contributed by atoms with Gasteiger partial charge in [0.05, 0.1) is 15.8 Å². The molecule has 2 aromatic rings. The number of halogens is 1. The number of carbonyl (C=O) groups excluding carboxylic acids is 1. The van der Waals surface area contributed by atoms with E-state index >= 15 is 0 Å². The Morgan fingerprint density at radius 1 is 1.26 bits per heavy atom. The molecule has 0 aliphatic heterocycles. The van der Waals surface area contributed by atoms with Gasteiger partial charge in [-0.25, -0.2) is 0 Å². The number of thiophene rings is 1. The first-order valence-corrected chi connectivity index (χ1v) is 7.09. The van der Waals surface area contributed by atoms with Crippen molar-refractivity contribution in [1.29, 1.82) is 0 Å². The number of allylic oxidation sites excluding steroid dienone is 1. The molecule has 1 aromatic carbocycles. The Hall–Kier alpha value is -1.58. The number of ether oxygens (including phenoxy) is 1. The van der Waals surface area contributed by atoms with Gasteiger partial charge in [-0.05, 0) is 42.8 Å². The van der Waals surface area contributed by atoms with E-state index in [-0.39, 0.29) is 5.78 Å². The van der Waals surface area contributed by atoms with Crippen molar-refractivity contribution in [3.05, 3.63) is 57.3 Å². The highest BCUT2D eigenvalue weighted by Crippen LogP contribution is 2.22. The topological polar surface area (TPSA) is 26.3 Å². The van der Waals surface area contributed by atoms with Crippen LogP contribution in [0.25, 0.3) is 6.08 Å². The van der Waals surface area contributed by atoms with E-state index in [1.807, 2.05) is 31.2 Å². The summed E-state index contributed by atoms with van der Waals surface area (Å²) in [5.74, 6) is 0.793. The van der Waals surface area contributed by atoms with Crippen molar-refractivity contribution in [3.8, 4) is 5.75 Å². The molecule has 0 radical (unpaired) electrons. The molecule has 1 aromatic heterocycles. The number of carbonyl (C=O) groups is 1. The summed E-state index contributed by atoms with van der Waals surface area (Å²) >= 11 is 7.08. The third-order valence-electron chi connectivity index (χ3n) is 2.43. The normalized spacial score (nSPS) is 10.8. The van der Waals surface area contributed by atoms with Gasteiger partial charge in [-0.3, -0.25) is 4.79 Å². The van der Waals surface area contributed by atoms with Gasteiger partial charge in [0.25, 0.3) is 0 Å². The van der Waals surface area contributed by atoms with Crippen LogP contribution in [0.1, 0.15) is 22.2 Å². The molecule has 2 rings (SSSR count). The molecule has 2 nitrogen and oxygen atoms in total. The Morgan fingerprint density at radius 3 is 2.58 bits per heavy atom. The highest BCUT2D eigenvalue weighted by molar-refractivity contribution is 7.18. The summed E-state index contributed by atoms with van der Waals surface area (Å²) in [6.45, 7) is 2.59. The summed E-state index contributed by atoms with van der Waals surface area (Å²) in [7, 11) is 0. The summed E-state index contributed by atoms with van der Waals surface area (Å²) in [4.78, 5) is 12.5. The molecule has 0 aliphatic carbocycles. The van der Waals surface area contributed by atoms with E-state index in [0.717, 1.165) is 11.3 Å². The zero-order chi connectivity index (χ0) is 13.7. The zero-order valence-corrected chi connectivity index (χ0v) is 12.0. The third-order valence-corrected chi connectivity index (χ3v) is 3.68. The van der Waals surface area contributed by atoms with Crippen LogP contribution in [0.3, 0.4) is 0 Å². The summed E-state index contributed by atoms with van der Waals surface area (Å²) in [6, 6.07) is 11.1. The molecule has 1 heterocycles. The van der Waals surface area contributed by atoms with Crippen LogP contribution >= 0.6 is 22.9 Å². The minimum atomic E-state index is -0.0363. The van der Waals surface area contributed by atoms with Crippen molar-refractivity contribution >= 4 is 34.8 Å². The Bertz CT molecular complexity index is 584. The van der Waals surface area contributed by atoms with E-state index in [2.05, 4.69) is 0 Å². The Kier molecular flexibility index (Phi) is 4.77. The summed E-state index contributed by atoms with van der Waals surface area (Å²) in [6.07, 6.45) is 3.34. The smallest absolute Gasteiger partial charge is 0.195 e. The highest BCUT2D eigenvalue weighted by Gasteiger charge is 2.04.